The number of amides is 1. The van der Waals surface area contributed by atoms with Crippen molar-refractivity contribution in [1.82, 2.24) is 25.1 Å². The molecule has 3 aromatic rings. The molecule has 0 saturated heterocycles. The number of rotatable bonds is 4. The molecular formula is C15H16N6OS2. The second-order valence-corrected chi connectivity index (χ2v) is 6.55. The number of aromatic nitrogens is 4. The molecule has 0 spiro atoms. The van der Waals surface area contributed by atoms with Crippen LogP contribution in [-0.2, 0) is 4.79 Å². The fourth-order valence-electron chi connectivity index (χ4n) is 2.14. The van der Waals surface area contributed by atoms with Crippen LogP contribution in [0.15, 0.2) is 24.3 Å². The van der Waals surface area contributed by atoms with E-state index in [1.807, 2.05) is 38.1 Å². The Hall–Kier alpha value is -2.39. The highest BCUT2D eigenvalue weighted by atomic mass is 32.1. The number of nitrogens with one attached hydrogen (secondary N) is 2. The van der Waals surface area contributed by atoms with Crippen molar-refractivity contribution in [3.05, 3.63) is 30.1 Å². The molecule has 0 radical (unpaired) electrons. The maximum Gasteiger partial charge on any atom is 0.234 e. The number of anilines is 1. The summed E-state index contributed by atoms with van der Waals surface area (Å²) in [4.78, 5) is 12.3. The maximum absolute atomic E-state index is 11.6. The molecule has 0 atom stereocenters. The summed E-state index contributed by atoms with van der Waals surface area (Å²) < 4.78 is 1.72. The smallest absolute Gasteiger partial charge is 0.234 e. The number of carbonyl (C=O) groups excluding carboxylic acids is 1. The maximum atomic E-state index is 11.6. The Bertz CT molecular complexity index is 900. The van der Waals surface area contributed by atoms with Gasteiger partial charge in [-0.3, -0.25) is 4.79 Å². The quantitative estimate of drug-likeness (QED) is 0.696. The van der Waals surface area contributed by atoms with Crippen LogP contribution in [0.25, 0.3) is 15.5 Å². The summed E-state index contributed by atoms with van der Waals surface area (Å²) in [6, 6.07) is 7.68. The number of carbonyl (C=O) groups is 1. The summed E-state index contributed by atoms with van der Waals surface area (Å²) in [5.41, 5.74) is 1.73. The van der Waals surface area contributed by atoms with E-state index in [0.29, 0.717) is 11.5 Å². The van der Waals surface area contributed by atoms with Crippen molar-refractivity contribution in [2.24, 2.45) is 0 Å². The molecule has 1 aromatic carbocycles. The van der Waals surface area contributed by atoms with Gasteiger partial charge in [-0.05, 0) is 37.7 Å². The topological polar surface area (TPSA) is 84.2 Å². The van der Waals surface area contributed by atoms with Gasteiger partial charge >= 0.3 is 0 Å². The highest BCUT2D eigenvalue weighted by Crippen LogP contribution is 2.27. The first-order valence-corrected chi connectivity index (χ1v) is 8.69. The van der Waals surface area contributed by atoms with Crippen molar-refractivity contribution >= 4 is 45.2 Å². The zero-order valence-electron chi connectivity index (χ0n) is 13.2. The lowest BCUT2D eigenvalue weighted by Gasteiger charge is -2.09. The molecule has 0 aliphatic rings. The van der Waals surface area contributed by atoms with E-state index in [-0.39, 0.29) is 5.91 Å². The highest BCUT2D eigenvalue weighted by molar-refractivity contribution is 7.80. The molecule has 2 heterocycles. The molecule has 2 aromatic heterocycles. The number of thiocarbonyl (C=S) groups is 1. The Labute approximate surface area is 148 Å². The monoisotopic (exact) mass is 360 g/mol. The third-order valence-electron chi connectivity index (χ3n) is 3.24. The summed E-state index contributed by atoms with van der Waals surface area (Å²) in [6.45, 7) is 3.81. The molecule has 3 rings (SSSR count). The predicted molar refractivity (Wildman–Crippen MR) is 98.1 cm³/mol. The first kappa shape index (κ1) is 16.5. The standard InChI is InChI=1S/C15H16N6OS2/c1-3-5-12(22)17-14(23)16-11-7-4-6-10(8-11)13-20-21-9(2)18-19-15(21)24-13/h4,6-8H,3,5H2,1-2H3,(H2,16,17,22,23). The van der Waals surface area contributed by atoms with E-state index in [2.05, 4.69) is 25.9 Å². The summed E-state index contributed by atoms with van der Waals surface area (Å²) in [5, 5.41) is 19.4. The molecule has 9 heteroatoms. The van der Waals surface area contributed by atoms with Gasteiger partial charge in [0.2, 0.25) is 10.9 Å². The van der Waals surface area contributed by atoms with Gasteiger partial charge in [0.1, 0.15) is 5.01 Å². The summed E-state index contributed by atoms with van der Waals surface area (Å²) in [5.74, 6) is 0.664. The normalized spacial score (nSPS) is 10.8. The van der Waals surface area contributed by atoms with Crippen LogP contribution in [0.1, 0.15) is 25.6 Å². The van der Waals surface area contributed by atoms with E-state index in [1.165, 1.54) is 11.3 Å². The lowest BCUT2D eigenvalue weighted by molar-refractivity contribution is -0.119. The molecule has 24 heavy (non-hydrogen) atoms. The van der Waals surface area contributed by atoms with Crippen LogP contribution in [0.4, 0.5) is 5.69 Å². The molecule has 0 aliphatic carbocycles. The second-order valence-electron chi connectivity index (χ2n) is 5.18. The average molecular weight is 360 g/mol. The van der Waals surface area contributed by atoms with Crippen LogP contribution in [0, 0.1) is 6.92 Å². The Morgan fingerprint density at radius 1 is 1.38 bits per heavy atom. The van der Waals surface area contributed by atoms with Crippen molar-refractivity contribution in [1.29, 1.82) is 0 Å². The van der Waals surface area contributed by atoms with Gasteiger partial charge in [0, 0.05) is 17.7 Å². The molecule has 0 fully saturated rings. The largest absolute Gasteiger partial charge is 0.332 e. The minimum Gasteiger partial charge on any atom is -0.332 e. The molecule has 0 unspecified atom stereocenters. The van der Waals surface area contributed by atoms with Gasteiger partial charge in [-0.1, -0.05) is 30.4 Å². The summed E-state index contributed by atoms with van der Waals surface area (Å²) in [6.07, 6.45) is 1.23. The van der Waals surface area contributed by atoms with Crippen LogP contribution in [0.3, 0.4) is 0 Å². The molecule has 7 nitrogen and oxygen atoms in total. The Morgan fingerprint density at radius 3 is 2.96 bits per heavy atom. The lowest BCUT2D eigenvalue weighted by Crippen LogP contribution is -2.33. The minimum atomic E-state index is -0.0877. The van der Waals surface area contributed by atoms with E-state index in [9.17, 15) is 4.79 Å². The third kappa shape index (κ3) is 3.57. The number of hydrogen-bond donors (Lipinski definition) is 2. The molecule has 0 saturated carbocycles. The van der Waals surface area contributed by atoms with Crippen molar-refractivity contribution in [3.63, 3.8) is 0 Å². The number of aryl methyl sites for hydroxylation is 1. The first-order chi connectivity index (χ1) is 11.6. The van der Waals surface area contributed by atoms with Crippen molar-refractivity contribution in [3.8, 4) is 10.6 Å². The van der Waals surface area contributed by atoms with Crippen LogP contribution in [-0.4, -0.2) is 30.8 Å². The average Bonchev–Trinajstić information content (AvgIpc) is 3.10. The van der Waals surface area contributed by atoms with Crippen molar-refractivity contribution in [2.75, 3.05) is 5.32 Å². The zero-order chi connectivity index (χ0) is 17.1. The van der Waals surface area contributed by atoms with E-state index in [1.54, 1.807) is 4.52 Å². The number of nitrogens with zero attached hydrogens (tertiary/aromatic N) is 4. The van der Waals surface area contributed by atoms with E-state index < -0.39 is 0 Å². The van der Waals surface area contributed by atoms with E-state index >= 15 is 0 Å². The van der Waals surface area contributed by atoms with Gasteiger partial charge in [0.15, 0.2) is 10.9 Å². The zero-order valence-corrected chi connectivity index (χ0v) is 14.9. The van der Waals surface area contributed by atoms with Crippen LogP contribution < -0.4 is 10.6 Å². The van der Waals surface area contributed by atoms with Gasteiger partial charge in [0.25, 0.3) is 0 Å². The predicted octanol–water partition coefficient (Wildman–Crippen LogP) is 2.77. The van der Waals surface area contributed by atoms with Gasteiger partial charge < -0.3 is 10.6 Å². The molecular weight excluding hydrogens is 344 g/mol. The first-order valence-electron chi connectivity index (χ1n) is 7.47. The number of fused-ring (bicyclic) bond motifs is 1. The van der Waals surface area contributed by atoms with Crippen LogP contribution in [0.5, 0.6) is 0 Å². The molecule has 2 N–H and O–H groups in total. The van der Waals surface area contributed by atoms with Crippen molar-refractivity contribution in [2.45, 2.75) is 26.7 Å². The second kappa shape index (κ2) is 7.02. The van der Waals surface area contributed by atoms with Gasteiger partial charge in [-0.25, -0.2) is 0 Å². The van der Waals surface area contributed by atoms with Gasteiger partial charge in [-0.2, -0.15) is 9.61 Å². The highest BCUT2D eigenvalue weighted by Gasteiger charge is 2.11. The Morgan fingerprint density at radius 2 is 2.21 bits per heavy atom. The van der Waals surface area contributed by atoms with Gasteiger partial charge in [0.05, 0.1) is 0 Å². The third-order valence-corrected chi connectivity index (χ3v) is 4.40. The van der Waals surface area contributed by atoms with E-state index in [0.717, 1.165) is 33.5 Å². The molecule has 124 valence electrons. The minimum absolute atomic E-state index is 0.0877. The number of benzene rings is 1. The molecule has 1 amide bonds. The van der Waals surface area contributed by atoms with Crippen LogP contribution in [0.2, 0.25) is 0 Å². The van der Waals surface area contributed by atoms with Gasteiger partial charge in [-0.15, -0.1) is 10.2 Å². The fourth-order valence-corrected chi connectivity index (χ4v) is 3.25. The Balaban J connectivity index is 1.76. The van der Waals surface area contributed by atoms with Crippen molar-refractivity contribution < 1.29 is 4.79 Å². The summed E-state index contributed by atoms with van der Waals surface area (Å²) in [7, 11) is 0. The molecule has 0 bridgehead atoms. The number of hydrogen-bond acceptors (Lipinski definition) is 6. The lowest BCUT2D eigenvalue weighted by atomic mass is 10.2. The summed E-state index contributed by atoms with van der Waals surface area (Å²) >= 11 is 6.63. The van der Waals surface area contributed by atoms with E-state index in [4.69, 9.17) is 12.2 Å². The molecule has 0 aliphatic heterocycles. The Kier molecular flexibility index (Phi) is 4.81. The fraction of sp³-hybridized carbons (Fsp3) is 0.267. The SMILES string of the molecule is CCCC(=O)NC(=S)Nc1cccc(-c2nn3c(C)nnc3s2)c1. The van der Waals surface area contributed by atoms with Crippen LogP contribution >= 0.6 is 23.6 Å².